The number of urea groups is 1. The molecule has 0 bridgehead atoms. The number of nitrogens with zero attached hydrogens (tertiary/aromatic N) is 3. The lowest BCUT2D eigenvalue weighted by molar-refractivity contribution is 0.0612. The first-order valence-corrected chi connectivity index (χ1v) is 9.43. The maximum absolute atomic E-state index is 12.5. The quantitative estimate of drug-likeness (QED) is 0.902. The summed E-state index contributed by atoms with van der Waals surface area (Å²) in [6.45, 7) is 4.96. The fraction of sp³-hybridized carbons (Fsp3) is 0.619. The molecule has 0 radical (unpaired) electrons. The summed E-state index contributed by atoms with van der Waals surface area (Å²) in [5.74, 6) is 0. The summed E-state index contributed by atoms with van der Waals surface area (Å²) < 4.78 is 0. The molecule has 1 aromatic rings. The Bertz CT molecular complexity index is 696. The topological polar surface area (TPSA) is 59.4 Å². The van der Waals surface area contributed by atoms with Gasteiger partial charge in [0, 0.05) is 18.6 Å². The Morgan fingerprint density at radius 1 is 1.19 bits per heavy atom. The van der Waals surface area contributed by atoms with Gasteiger partial charge < -0.3 is 10.2 Å². The van der Waals surface area contributed by atoms with Crippen molar-refractivity contribution in [3.8, 4) is 6.07 Å². The molecule has 0 aromatic heterocycles. The van der Waals surface area contributed by atoms with E-state index in [1.54, 1.807) is 0 Å². The predicted octanol–water partition coefficient (Wildman–Crippen LogP) is 3.33. The van der Waals surface area contributed by atoms with Gasteiger partial charge in [0.1, 0.15) is 0 Å². The van der Waals surface area contributed by atoms with E-state index in [-0.39, 0.29) is 17.1 Å². The van der Waals surface area contributed by atoms with Crippen molar-refractivity contribution in [2.24, 2.45) is 5.41 Å². The van der Waals surface area contributed by atoms with Crippen molar-refractivity contribution in [3.05, 3.63) is 35.9 Å². The molecule has 1 aliphatic heterocycles. The van der Waals surface area contributed by atoms with Gasteiger partial charge >= 0.3 is 6.03 Å². The first-order chi connectivity index (χ1) is 12.2. The van der Waals surface area contributed by atoms with E-state index in [0.717, 1.165) is 25.7 Å². The fourth-order valence-corrected chi connectivity index (χ4v) is 4.59. The Labute approximate surface area is 157 Å². The van der Waals surface area contributed by atoms with Gasteiger partial charge in [-0.15, -0.1) is 0 Å². The predicted molar refractivity (Wildman–Crippen MR) is 103 cm³/mol. The number of carbonyl (C=O) groups is 1. The molecule has 3 rings (SSSR count). The fourth-order valence-electron chi connectivity index (χ4n) is 4.59. The molecule has 140 valence electrons. The molecule has 1 saturated heterocycles. The molecule has 2 aliphatic rings. The van der Waals surface area contributed by atoms with Crippen LogP contribution in [0.25, 0.3) is 0 Å². The highest BCUT2D eigenvalue weighted by Gasteiger charge is 2.50. The first-order valence-electron chi connectivity index (χ1n) is 9.43. The third-order valence-corrected chi connectivity index (χ3v) is 6.24. The molecule has 5 heteroatoms. The van der Waals surface area contributed by atoms with Crippen LogP contribution in [-0.2, 0) is 5.54 Å². The summed E-state index contributed by atoms with van der Waals surface area (Å²) >= 11 is 0. The molecule has 2 amide bonds. The number of carbonyl (C=O) groups excluding carboxylic acids is 1. The van der Waals surface area contributed by atoms with Crippen molar-refractivity contribution < 1.29 is 4.79 Å². The van der Waals surface area contributed by atoms with Gasteiger partial charge in [-0.25, -0.2) is 4.79 Å². The number of hydrogen-bond donors (Lipinski definition) is 1. The SMILES string of the molecule is CN(C)[C@]1(c2ccccc2)CC[C@]2(CC1)CN(CC(C)(C)C#N)C(=O)N2. The highest BCUT2D eigenvalue weighted by atomic mass is 16.2. The second-order valence-corrected chi connectivity index (χ2v) is 8.85. The van der Waals surface area contributed by atoms with Crippen molar-refractivity contribution in [3.63, 3.8) is 0 Å². The molecule has 0 unspecified atom stereocenters. The Kier molecular flexibility index (Phi) is 4.74. The lowest BCUT2D eigenvalue weighted by Gasteiger charge is -2.48. The van der Waals surface area contributed by atoms with Crippen molar-refractivity contribution >= 4 is 6.03 Å². The molecule has 26 heavy (non-hydrogen) atoms. The summed E-state index contributed by atoms with van der Waals surface area (Å²) in [6.07, 6.45) is 3.93. The van der Waals surface area contributed by atoms with Crippen LogP contribution in [0, 0.1) is 16.7 Å². The van der Waals surface area contributed by atoms with Crippen molar-refractivity contribution in [2.45, 2.75) is 50.6 Å². The number of rotatable bonds is 4. The van der Waals surface area contributed by atoms with E-state index in [4.69, 9.17) is 0 Å². The van der Waals surface area contributed by atoms with Gasteiger partial charge in [-0.05, 0) is 59.2 Å². The third-order valence-electron chi connectivity index (χ3n) is 6.24. The minimum atomic E-state index is -0.519. The molecule has 1 aliphatic carbocycles. The number of nitriles is 1. The average molecular weight is 354 g/mol. The van der Waals surface area contributed by atoms with Crippen molar-refractivity contribution in [1.29, 1.82) is 5.26 Å². The Morgan fingerprint density at radius 2 is 1.81 bits per heavy atom. The molecule has 1 spiro atoms. The molecular weight excluding hydrogens is 324 g/mol. The molecular formula is C21H30N4O. The zero-order chi connectivity index (χ0) is 19.0. The van der Waals surface area contributed by atoms with Crippen LogP contribution >= 0.6 is 0 Å². The lowest BCUT2D eigenvalue weighted by Crippen LogP contribution is -2.54. The van der Waals surface area contributed by atoms with E-state index in [2.05, 4.69) is 60.7 Å². The van der Waals surface area contributed by atoms with Gasteiger partial charge in [0.15, 0.2) is 0 Å². The maximum Gasteiger partial charge on any atom is 0.318 e. The van der Waals surface area contributed by atoms with Crippen LogP contribution in [0.1, 0.15) is 45.1 Å². The lowest BCUT2D eigenvalue weighted by atomic mass is 9.69. The number of amides is 2. The normalized spacial score (nSPS) is 29.1. The van der Waals surface area contributed by atoms with Crippen LogP contribution in [-0.4, -0.2) is 48.6 Å². The van der Waals surface area contributed by atoms with Gasteiger partial charge in [-0.1, -0.05) is 30.3 Å². The monoisotopic (exact) mass is 354 g/mol. The van der Waals surface area contributed by atoms with Crippen LogP contribution in [0.5, 0.6) is 0 Å². The van der Waals surface area contributed by atoms with Gasteiger partial charge in [-0.3, -0.25) is 4.90 Å². The van der Waals surface area contributed by atoms with Gasteiger partial charge in [0.05, 0.1) is 17.0 Å². The molecule has 5 nitrogen and oxygen atoms in total. The van der Waals surface area contributed by atoms with E-state index in [9.17, 15) is 10.1 Å². The maximum atomic E-state index is 12.5. The molecule has 1 saturated carbocycles. The zero-order valence-electron chi connectivity index (χ0n) is 16.4. The van der Waals surface area contributed by atoms with E-state index < -0.39 is 5.41 Å². The number of benzene rings is 1. The second kappa shape index (κ2) is 6.59. The largest absolute Gasteiger partial charge is 0.331 e. The molecule has 1 heterocycles. The minimum Gasteiger partial charge on any atom is -0.331 e. The van der Waals surface area contributed by atoms with Crippen LogP contribution in [0.3, 0.4) is 0 Å². The third kappa shape index (κ3) is 3.31. The minimum absolute atomic E-state index is 0.0228. The van der Waals surface area contributed by atoms with E-state index in [1.807, 2.05) is 18.7 Å². The Balaban J connectivity index is 1.75. The van der Waals surface area contributed by atoms with Crippen LogP contribution < -0.4 is 5.32 Å². The summed E-state index contributed by atoms with van der Waals surface area (Å²) in [5, 5.41) is 12.5. The van der Waals surface area contributed by atoms with E-state index in [1.165, 1.54) is 5.56 Å². The highest BCUT2D eigenvalue weighted by Crippen LogP contribution is 2.46. The standard InChI is InChI=1S/C21H30N4O/c1-19(2,14-22)15-25-16-20(23-18(25)26)10-12-21(13-11-20,24(3)4)17-8-6-5-7-9-17/h5-9H,10-13,15-16H2,1-4H3,(H,23,26)/t20-,21+. The van der Waals surface area contributed by atoms with Gasteiger partial charge in [0.2, 0.25) is 0 Å². The molecule has 0 atom stereocenters. The van der Waals surface area contributed by atoms with Gasteiger partial charge in [-0.2, -0.15) is 5.26 Å². The number of nitrogens with one attached hydrogen (secondary N) is 1. The summed E-state index contributed by atoms with van der Waals surface area (Å²) in [4.78, 5) is 16.7. The molecule has 1 N–H and O–H groups in total. The van der Waals surface area contributed by atoms with E-state index >= 15 is 0 Å². The van der Waals surface area contributed by atoms with Gasteiger partial charge in [0.25, 0.3) is 0 Å². The summed E-state index contributed by atoms with van der Waals surface area (Å²) in [5.41, 5.74) is 0.703. The zero-order valence-corrected chi connectivity index (χ0v) is 16.4. The average Bonchev–Trinajstić information content (AvgIpc) is 2.91. The first kappa shape index (κ1) is 18.7. The van der Waals surface area contributed by atoms with Crippen LogP contribution in [0.4, 0.5) is 4.79 Å². The Hall–Kier alpha value is -2.06. The van der Waals surface area contributed by atoms with Crippen molar-refractivity contribution in [2.75, 3.05) is 27.2 Å². The highest BCUT2D eigenvalue weighted by molar-refractivity contribution is 5.78. The smallest absolute Gasteiger partial charge is 0.318 e. The number of hydrogen-bond acceptors (Lipinski definition) is 3. The molecule has 1 aromatic carbocycles. The summed E-state index contributed by atoms with van der Waals surface area (Å²) in [6, 6.07) is 13.0. The Morgan fingerprint density at radius 3 is 2.35 bits per heavy atom. The van der Waals surface area contributed by atoms with E-state index in [0.29, 0.717) is 13.1 Å². The van der Waals surface area contributed by atoms with Crippen molar-refractivity contribution in [1.82, 2.24) is 15.1 Å². The molecule has 2 fully saturated rings. The van der Waals surface area contributed by atoms with Crippen LogP contribution in [0.15, 0.2) is 30.3 Å². The van der Waals surface area contributed by atoms with Crippen LogP contribution in [0.2, 0.25) is 0 Å². The second-order valence-electron chi connectivity index (χ2n) is 8.85. The summed E-state index contributed by atoms with van der Waals surface area (Å²) in [7, 11) is 4.31.